The van der Waals surface area contributed by atoms with Gasteiger partial charge in [0.05, 0.1) is 27.8 Å². The molecule has 0 N–H and O–H groups in total. The molecule has 4 saturated carbocycles. The Morgan fingerprint density at radius 3 is 2.12 bits per heavy atom. The molecule has 3 aromatic heterocycles. The number of benzene rings is 5. The number of pyridine rings is 1. The summed E-state index contributed by atoms with van der Waals surface area (Å²) in [4.78, 5) is 9.71. The van der Waals surface area contributed by atoms with Crippen molar-refractivity contribution in [3.63, 3.8) is 0 Å². The van der Waals surface area contributed by atoms with Gasteiger partial charge in [-0.05, 0) is 121 Å². The summed E-state index contributed by atoms with van der Waals surface area (Å²) >= 11 is 0. The Balaban J connectivity index is 1.03. The van der Waals surface area contributed by atoms with Gasteiger partial charge in [-0.1, -0.05) is 66.7 Å². The monoisotopic (exact) mass is 662 g/mol. The van der Waals surface area contributed by atoms with Gasteiger partial charge in [-0.3, -0.25) is 9.13 Å². The van der Waals surface area contributed by atoms with E-state index >= 15 is 0 Å². The quantitative estimate of drug-likeness (QED) is 0.178. The molecule has 0 unspecified atom stereocenters. The highest BCUT2D eigenvalue weighted by atomic mass is 16.5. The molecule has 0 radical (unpaired) electrons. The first-order chi connectivity index (χ1) is 25.2. The molecule has 0 atom stereocenters. The maximum absolute atomic E-state index is 6.61. The van der Waals surface area contributed by atoms with Crippen LogP contribution in [0.15, 0.2) is 146 Å². The Labute approximate surface area is 297 Å². The number of hydrogen-bond acceptors (Lipinski definition) is 3. The highest BCUT2D eigenvalue weighted by Crippen LogP contribution is 2.65. The minimum Gasteiger partial charge on any atom is -0.457 e. The maximum Gasteiger partial charge on any atom is 0.137 e. The minimum atomic E-state index is 0.0188. The van der Waals surface area contributed by atoms with Gasteiger partial charge in [-0.2, -0.15) is 0 Å². The number of ether oxygens (including phenoxy) is 1. The molecule has 248 valence electrons. The van der Waals surface area contributed by atoms with Crippen LogP contribution in [0.3, 0.4) is 0 Å². The summed E-state index contributed by atoms with van der Waals surface area (Å²) in [6.07, 6.45) is 10.7. The van der Waals surface area contributed by atoms with Crippen molar-refractivity contribution in [1.29, 1.82) is 0 Å². The van der Waals surface area contributed by atoms with Gasteiger partial charge in [-0.25, -0.2) is 9.97 Å². The molecule has 3 heterocycles. The van der Waals surface area contributed by atoms with Crippen molar-refractivity contribution >= 4 is 32.8 Å². The zero-order chi connectivity index (χ0) is 33.5. The highest BCUT2D eigenvalue weighted by Gasteiger charge is 2.58. The van der Waals surface area contributed by atoms with E-state index in [1.54, 1.807) is 0 Å². The zero-order valence-electron chi connectivity index (χ0n) is 28.4. The third kappa shape index (κ3) is 4.40. The Morgan fingerprint density at radius 2 is 1.27 bits per heavy atom. The molecule has 5 aromatic carbocycles. The number of para-hydroxylation sites is 3. The average molecular weight is 663 g/mol. The summed E-state index contributed by atoms with van der Waals surface area (Å²) in [5.41, 5.74) is 8.22. The van der Waals surface area contributed by atoms with Crippen molar-refractivity contribution in [2.75, 3.05) is 0 Å². The topological polar surface area (TPSA) is 44.9 Å². The second-order valence-electron chi connectivity index (χ2n) is 15.2. The van der Waals surface area contributed by atoms with Crippen LogP contribution in [0.4, 0.5) is 0 Å². The van der Waals surface area contributed by atoms with Crippen LogP contribution in [0, 0.1) is 23.7 Å². The Kier molecular flexibility index (Phi) is 6.37. The molecule has 0 spiro atoms. The predicted molar refractivity (Wildman–Crippen MR) is 204 cm³/mol. The Hall–Kier alpha value is -5.68. The molecule has 0 aliphatic heterocycles. The lowest BCUT2D eigenvalue weighted by Crippen LogP contribution is -2.56. The number of hydrogen-bond donors (Lipinski definition) is 0. The fourth-order valence-corrected chi connectivity index (χ4v) is 10.8. The van der Waals surface area contributed by atoms with Crippen molar-refractivity contribution in [1.82, 2.24) is 19.1 Å². The van der Waals surface area contributed by atoms with Crippen molar-refractivity contribution in [3.8, 4) is 23.0 Å². The Bertz CT molecular complexity index is 2570. The number of rotatable bonds is 6. The molecular formula is C46H38N4O. The minimum absolute atomic E-state index is 0.0188. The second kappa shape index (κ2) is 11.2. The summed E-state index contributed by atoms with van der Waals surface area (Å²) in [5.74, 6) is 5.65. The van der Waals surface area contributed by atoms with Gasteiger partial charge in [0.15, 0.2) is 0 Å². The normalized spacial score (nSPS) is 23.8. The molecule has 51 heavy (non-hydrogen) atoms. The van der Waals surface area contributed by atoms with Crippen molar-refractivity contribution in [3.05, 3.63) is 157 Å². The number of aromatic nitrogens is 4. The lowest BCUT2D eigenvalue weighted by atomic mass is 9.42. The first kappa shape index (κ1) is 29.1. The summed E-state index contributed by atoms with van der Waals surface area (Å²) < 4.78 is 11.1. The van der Waals surface area contributed by atoms with Crippen LogP contribution in [0.1, 0.15) is 43.2 Å². The van der Waals surface area contributed by atoms with Crippen molar-refractivity contribution < 1.29 is 4.74 Å². The van der Waals surface area contributed by atoms with E-state index in [0.29, 0.717) is 11.8 Å². The van der Waals surface area contributed by atoms with Gasteiger partial charge in [0.2, 0.25) is 0 Å². The van der Waals surface area contributed by atoms with Crippen LogP contribution < -0.4 is 4.74 Å². The third-order valence-corrected chi connectivity index (χ3v) is 12.6. The van der Waals surface area contributed by atoms with Gasteiger partial charge >= 0.3 is 0 Å². The molecule has 8 aromatic rings. The summed E-state index contributed by atoms with van der Waals surface area (Å²) in [7, 11) is 0. The van der Waals surface area contributed by atoms with Crippen LogP contribution >= 0.6 is 0 Å². The zero-order valence-corrected chi connectivity index (χ0v) is 28.4. The molecule has 5 heteroatoms. The first-order valence-corrected chi connectivity index (χ1v) is 18.5. The van der Waals surface area contributed by atoms with E-state index in [4.69, 9.17) is 9.72 Å². The fraction of sp³-hybridized carbons (Fsp3) is 0.217. The van der Waals surface area contributed by atoms with Crippen molar-refractivity contribution in [2.45, 2.75) is 37.5 Å². The van der Waals surface area contributed by atoms with E-state index in [9.17, 15) is 0 Å². The summed E-state index contributed by atoms with van der Waals surface area (Å²) in [6, 6.07) is 47.8. The maximum atomic E-state index is 6.61. The van der Waals surface area contributed by atoms with Gasteiger partial charge in [-0.15, -0.1) is 0 Å². The largest absolute Gasteiger partial charge is 0.457 e. The number of fused-ring (bicyclic) bond motifs is 4. The molecule has 5 nitrogen and oxygen atoms in total. The molecule has 4 aliphatic rings. The molecular weight excluding hydrogens is 625 g/mol. The van der Waals surface area contributed by atoms with E-state index in [2.05, 4.69) is 123 Å². The first-order valence-electron chi connectivity index (χ1n) is 18.5. The molecule has 4 bridgehead atoms. The SMILES string of the molecule is c1ccc(C2(c3ccnc(-n4c5ccccc5c5ccc(Oc6cccc(-n7cnc8ccccc87)c6)cc54)c3)C3CC4CC(C3)CC2C4)cc1. The summed E-state index contributed by atoms with van der Waals surface area (Å²) in [5, 5.41) is 2.41. The number of nitrogens with zero attached hydrogens (tertiary/aromatic N) is 4. The van der Waals surface area contributed by atoms with E-state index in [1.165, 1.54) is 54.0 Å². The van der Waals surface area contributed by atoms with Crippen LogP contribution in [0.25, 0.3) is 44.3 Å². The second-order valence-corrected chi connectivity index (χ2v) is 15.2. The van der Waals surface area contributed by atoms with Crippen LogP contribution in [0.2, 0.25) is 0 Å². The third-order valence-electron chi connectivity index (χ3n) is 12.6. The van der Waals surface area contributed by atoms with Crippen molar-refractivity contribution in [2.24, 2.45) is 23.7 Å². The molecule has 4 fully saturated rings. The van der Waals surface area contributed by atoms with Gasteiger partial charge < -0.3 is 4.74 Å². The lowest BCUT2D eigenvalue weighted by Gasteiger charge is -2.62. The predicted octanol–water partition coefficient (Wildman–Crippen LogP) is 11.1. The van der Waals surface area contributed by atoms with Crippen LogP contribution in [-0.4, -0.2) is 19.1 Å². The standard InChI is InChI=1S/C46H38N4O/c1-2-9-32(10-3-1)46(34-22-30-21-31(24-34)25-35(46)23-30)33-19-20-47-45(26-33)50-42-15-6-4-13-39(42)40-18-17-38(28-44(40)50)51-37-12-8-11-36(27-37)49-29-48-41-14-5-7-16-43(41)49/h1-20,26-31,34-35H,21-25H2. The van der Waals surface area contributed by atoms with Gasteiger partial charge in [0.1, 0.15) is 23.6 Å². The molecule has 0 amide bonds. The van der Waals surface area contributed by atoms with E-state index < -0.39 is 0 Å². The molecule has 4 aliphatic carbocycles. The van der Waals surface area contributed by atoms with Crippen LogP contribution in [0.5, 0.6) is 11.5 Å². The van der Waals surface area contributed by atoms with Gasteiger partial charge in [0.25, 0.3) is 0 Å². The lowest BCUT2D eigenvalue weighted by molar-refractivity contribution is -0.0418. The Morgan fingerprint density at radius 1 is 0.549 bits per heavy atom. The average Bonchev–Trinajstić information content (AvgIpc) is 3.75. The molecule has 12 rings (SSSR count). The molecule has 0 saturated heterocycles. The smallest absolute Gasteiger partial charge is 0.137 e. The highest BCUT2D eigenvalue weighted by molar-refractivity contribution is 6.09. The number of imidazole rings is 1. The fourth-order valence-electron chi connectivity index (χ4n) is 10.8. The van der Waals surface area contributed by atoms with E-state index in [0.717, 1.165) is 56.9 Å². The summed E-state index contributed by atoms with van der Waals surface area (Å²) in [6.45, 7) is 0. The van der Waals surface area contributed by atoms with E-state index in [1.807, 2.05) is 36.7 Å². The van der Waals surface area contributed by atoms with Gasteiger partial charge in [0, 0.05) is 34.5 Å². The van der Waals surface area contributed by atoms with Crippen LogP contribution in [-0.2, 0) is 5.41 Å². The van der Waals surface area contributed by atoms with E-state index in [-0.39, 0.29) is 5.41 Å².